The third-order valence-corrected chi connectivity index (χ3v) is 5.11. The summed E-state index contributed by atoms with van der Waals surface area (Å²) in [5, 5.41) is 13.5. The summed E-state index contributed by atoms with van der Waals surface area (Å²) in [6.45, 7) is 3.71. The van der Waals surface area contributed by atoms with E-state index in [-0.39, 0.29) is 5.56 Å². The van der Waals surface area contributed by atoms with Crippen molar-refractivity contribution in [2.24, 2.45) is 0 Å². The molecular formula is C22H18N6OS. The summed E-state index contributed by atoms with van der Waals surface area (Å²) in [5.41, 5.74) is 9.98. The summed E-state index contributed by atoms with van der Waals surface area (Å²) in [6, 6.07) is 17.2. The minimum absolute atomic E-state index is 0.262. The van der Waals surface area contributed by atoms with E-state index in [2.05, 4.69) is 27.2 Å². The van der Waals surface area contributed by atoms with E-state index in [0.717, 1.165) is 11.3 Å². The average molecular weight is 414 g/mol. The zero-order chi connectivity index (χ0) is 21.3. The van der Waals surface area contributed by atoms with E-state index in [0.29, 0.717) is 38.1 Å². The van der Waals surface area contributed by atoms with Crippen molar-refractivity contribution in [1.82, 2.24) is 20.2 Å². The van der Waals surface area contributed by atoms with Gasteiger partial charge in [0.2, 0.25) is 0 Å². The highest BCUT2D eigenvalue weighted by atomic mass is 32.1. The molecule has 4 rings (SSSR count). The molecule has 0 unspecified atom stereocenters. The van der Waals surface area contributed by atoms with E-state index in [4.69, 9.17) is 12.2 Å². The van der Waals surface area contributed by atoms with Gasteiger partial charge in [-0.3, -0.25) is 14.6 Å². The SMILES string of the molecule is Cc1ccccc1NC(=S)NNC=c1c(C)c(C#N)c2nc3ccccc3n2c1=O. The van der Waals surface area contributed by atoms with E-state index in [1.165, 1.54) is 10.6 Å². The Labute approximate surface area is 177 Å². The van der Waals surface area contributed by atoms with Gasteiger partial charge in [0.1, 0.15) is 6.07 Å². The molecule has 0 radical (unpaired) electrons. The molecule has 0 spiro atoms. The first-order chi connectivity index (χ1) is 14.5. The quantitative estimate of drug-likeness (QED) is 0.350. The van der Waals surface area contributed by atoms with Crippen molar-refractivity contribution in [2.75, 3.05) is 5.32 Å². The van der Waals surface area contributed by atoms with E-state index >= 15 is 0 Å². The molecule has 7 nitrogen and oxygen atoms in total. The first-order valence-electron chi connectivity index (χ1n) is 9.23. The van der Waals surface area contributed by atoms with Gasteiger partial charge in [-0.25, -0.2) is 4.98 Å². The second-order valence-corrected chi connectivity index (χ2v) is 7.18. The van der Waals surface area contributed by atoms with Gasteiger partial charge in [0, 0.05) is 11.9 Å². The van der Waals surface area contributed by atoms with Crippen molar-refractivity contribution in [2.45, 2.75) is 13.8 Å². The number of aryl methyl sites for hydroxylation is 1. The van der Waals surface area contributed by atoms with Crippen LogP contribution in [0.1, 0.15) is 16.7 Å². The van der Waals surface area contributed by atoms with Crippen molar-refractivity contribution in [3.63, 3.8) is 0 Å². The number of para-hydroxylation sites is 3. The third-order valence-electron chi connectivity index (χ3n) is 4.90. The molecule has 3 N–H and O–H groups in total. The fraction of sp³-hybridized carbons (Fsp3) is 0.0909. The Kier molecular flexibility index (Phi) is 5.04. The first kappa shape index (κ1) is 19.4. The van der Waals surface area contributed by atoms with Crippen LogP contribution in [0.25, 0.3) is 22.9 Å². The molecule has 2 aromatic carbocycles. The molecule has 0 saturated heterocycles. The number of nitrogens with one attached hydrogen (secondary N) is 3. The second-order valence-electron chi connectivity index (χ2n) is 6.77. The first-order valence-corrected chi connectivity index (χ1v) is 9.64. The minimum atomic E-state index is -0.262. The van der Waals surface area contributed by atoms with Crippen molar-refractivity contribution < 1.29 is 0 Å². The van der Waals surface area contributed by atoms with Gasteiger partial charge in [0.25, 0.3) is 5.56 Å². The van der Waals surface area contributed by atoms with E-state index < -0.39 is 0 Å². The Balaban J connectivity index is 1.70. The topological polar surface area (TPSA) is 94.2 Å². The molecule has 8 heteroatoms. The van der Waals surface area contributed by atoms with Gasteiger partial charge in [0.05, 0.1) is 21.8 Å². The highest BCUT2D eigenvalue weighted by Crippen LogP contribution is 2.17. The van der Waals surface area contributed by atoms with Crippen LogP contribution in [0.2, 0.25) is 0 Å². The molecule has 2 aromatic heterocycles. The lowest BCUT2D eigenvalue weighted by Crippen LogP contribution is -2.41. The van der Waals surface area contributed by atoms with Crippen LogP contribution in [-0.4, -0.2) is 14.5 Å². The predicted octanol–water partition coefficient (Wildman–Crippen LogP) is 2.28. The zero-order valence-corrected chi connectivity index (χ0v) is 17.2. The van der Waals surface area contributed by atoms with Gasteiger partial charge in [-0.15, -0.1) is 0 Å². The average Bonchev–Trinajstić information content (AvgIpc) is 3.12. The lowest BCUT2D eigenvalue weighted by atomic mass is 10.1. The number of hydrogen-bond donors (Lipinski definition) is 3. The lowest BCUT2D eigenvalue weighted by molar-refractivity contribution is 0.866. The van der Waals surface area contributed by atoms with Gasteiger partial charge < -0.3 is 10.7 Å². The minimum Gasteiger partial charge on any atom is -0.331 e. The van der Waals surface area contributed by atoms with Crippen LogP contribution in [0.15, 0.2) is 53.3 Å². The molecule has 0 aliphatic carbocycles. The maximum Gasteiger partial charge on any atom is 0.265 e. The number of imidazole rings is 1. The fourth-order valence-electron chi connectivity index (χ4n) is 3.33. The zero-order valence-electron chi connectivity index (χ0n) is 16.4. The molecule has 0 bridgehead atoms. The van der Waals surface area contributed by atoms with Crippen molar-refractivity contribution in [3.8, 4) is 6.07 Å². The van der Waals surface area contributed by atoms with Gasteiger partial charge >= 0.3 is 0 Å². The van der Waals surface area contributed by atoms with Gasteiger partial charge in [0.15, 0.2) is 10.8 Å². The maximum atomic E-state index is 13.2. The summed E-state index contributed by atoms with van der Waals surface area (Å²) in [5.74, 6) is 0. The number of hydrogen-bond acceptors (Lipinski definition) is 5. The highest BCUT2D eigenvalue weighted by molar-refractivity contribution is 7.80. The molecule has 0 fully saturated rings. The van der Waals surface area contributed by atoms with Crippen LogP contribution < -0.4 is 26.9 Å². The molecule has 2 heterocycles. The normalized spacial score (nSPS) is 11.4. The van der Waals surface area contributed by atoms with Gasteiger partial charge in [-0.05, 0) is 55.4 Å². The number of nitrogens with zero attached hydrogens (tertiary/aromatic N) is 3. The van der Waals surface area contributed by atoms with E-state index in [9.17, 15) is 10.1 Å². The Morgan fingerprint density at radius 2 is 1.90 bits per heavy atom. The van der Waals surface area contributed by atoms with Crippen LogP contribution in [0, 0.1) is 25.2 Å². The summed E-state index contributed by atoms with van der Waals surface area (Å²) in [4.78, 5) is 17.6. The molecule has 0 atom stereocenters. The van der Waals surface area contributed by atoms with Crippen LogP contribution >= 0.6 is 12.2 Å². The summed E-state index contributed by atoms with van der Waals surface area (Å²) in [7, 11) is 0. The number of nitriles is 1. The van der Waals surface area contributed by atoms with Crippen LogP contribution in [0.3, 0.4) is 0 Å². The lowest BCUT2D eigenvalue weighted by Gasteiger charge is -2.12. The number of hydrazine groups is 1. The molecule has 0 aliphatic rings. The van der Waals surface area contributed by atoms with Gasteiger partial charge in [-0.1, -0.05) is 30.3 Å². The molecule has 0 amide bonds. The Bertz CT molecular complexity index is 1450. The number of thiocarbonyl (C=S) groups is 1. The monoisotopic (exact) mass is 414 g/mol. The Morgan fingerprint density at radius 3 is 2.67 bits per heavy atom. The molecule has 4 aromatic rings. The Morgan fingerprint density at radius 1 is 1.17 bits per heavy atom. The number of fused-ring (bicyclic) bond motifs is 3. The molecular weight excluding hydrogens is 396 g/mol. The van der Waals surface area contributed by atoms with Crippen molar-refractivity contribution in [1.29, 1.82) is 5.26 Å². The highest BCUT2D eigenvalue weighted by Gasteiger charge is 2.15. The number of pyridine rings is 1. The second kappa shape index (κ2) is 7.81. The largest absolute Gasteiger partial charge is 0.331 e. The van der Waals surface area contributed by atoms with Crippen molar-refractivity contribution in [3.05, 3.63) is 80.8 Å². The van der Waals surface area contributed by atoms with Gasteiger partial charge in [-0.2, -0.15) is 5.26 Å². The summed E-state index contributed by atoms with van der Waals surface area (Å²) in [6.07, 6.45) is 1.51. The van der Waals surface area contributed by atoms with Crippen molar-refractivity contribution >= 4 is 45.9 Å². The number of anilines is 1. The predicted molar refractivity (Wildman–Crippen MR) is 122 cm³/mol. The molecule has 0 saturated carbocycles. The smallest absolute Gasteiger partial charge is 0.265 e. The third kappa shape index (κ3) is 3.32. The number of benzene rings is 2. The molecule has 30 heavy (non-hydrogen) atoms. The number of rotatable bonds is 3. The van der Waals surface area contributed by atoms with Crippen LogP contribution in [0.5, 0.6) is 0 Å². The van der Waals surface area contributed by atoms with Crippen LogP contribution in [0.4, 0.5) is 5.69 Å². The number of aromatic nitrogens is 2. The van der Waals surface area contributed by atoms with E-state index in [1.807, 2.05) is 55.5 Å². The summed E-state index contributed by atoms with van der Waals surface area (Å²) >= 11 is 5.30. The maximum absolute atomic E-state index is 13.2. The van der Waals surface area contributed by atoms with Crippen LogP contribution in [-0.2, 0) is 0 Å². The standard InChI is InChI=1S/C22H18N6OS/c1-13-7-3-4-8-17(13)26-22(30)27-24-12-16-14(2)15(11-23)20-25-18-9-5-6-10-19(18)28(20)21(16)29/h3-10,12,24H,1-2H3,(H2,26,27,30). The van der Waals surface area contributed by atoms with E-state index in [1.54, 1.807) is 6.92 Å². The molecule has 148 valence electrons. The Hall–Kier alpha value is -3.96. The molecule has 0 aliphatic heterocycles. The fourth-order valence-corrected chi connectivity index (χ4v) is 3.50. The summed E-state index contributed by atoms with van der Waals surface area (Å²) < 4.78 is 1.47.